The van der Waals surface area contributed by atoms with Crippen molar-refractivity contribution in [2.24, 2.45) is 0 Å². The summed E-state index contributed by atoms with van der Waals surface area (Å²) in [7, 11) is 3.31. The highest BCUT2D eigenvalue weighted by molar-refractivity contribution is 7.99. The Hall–Kier alpha value is -2.73. The van der Waals surface area contributed by atoms with Gasteiger partial charge in [-0.15, -0.1) is 0 Å². The third kappa shape index (κ3) is 4.17. The van der Waals surface area contributed by atoms with Crippen molar-refractivity contribution in [3.05, 3.63) is 60.2 Å². The van der Waals surface area contributed by atoms with Crippen LogP contribution in [0.25, 0.3) is 10.9 Å². The number of para-hydroxylation sites is 1. The third-order valence-corrected chi connectivity index (χ3v) is 6.20. The third-order valence-electron chi connectivity index (χ3n) is 5.29. The molecule has 0 unspecified atom stereocenters. The lowest BCUT2D eigenvalue weighted by atomic mass is 10.0. The maximum atomic E-state index is 13.0. The number of aromatic nitrogens is 1. The van der Waals surface area contributed by atoms with Crippen LogP contribution in [0.4, 0.5) is 0 Å². The molecule has 0 N–H and O–H groups in total. The number of amides is 1. The number of likely N-dealkylation sites (tertiary alicyclic amines) is 1. The lowest BCUT2D eigenvalue weighted by Crippen LogP contribution is -2.32. The zero-order chi connectivity index (χ0) is 20.2. The number of pyridine rings is 1. The van der Waals surface area contributed by atoms with Crippen LogP contribution in [0.3, 0.4) is 0 Å². The average molecular weight is 409 g/mol. The van der Waals surface area contributed by atoms with Crippen molar-refractivity contribution in [3.8, 4) is 11.5 Å². The highest BCUT2D eigenvalue weighted by Crippen LogP contribution is 2.39. The monoisotopic (exact) mass is 408 g/mol. The maximum absolute atomic E-state index is 13.0. The summed E-state index contributed by atoms with van der Waals surface area (Å²) >= 11 is 1.49. The van der Waals surface area contributed by atoms with Gasteiger partial charge in [0.1, 0.15) is 11.5 Å². The van der Waals surface area contributed by atoms with Crippen LogP contribution >= 0.6 is 11.8 Å². The number of benzene rings is 2. The van der Waals surface area contributed by atoms with Gasteiger partial charge in [0.25, 0.3) is 0 Å². The van der Waals surface area contributed by atoms with Gasteiger partial charge in [-0.25, -0.2) is 4.98 Å². The number of rotatable bonds is 6. The number of fused-ring (bicyclic) bond motifs is 1. The SMILES string of the molecule is COc1ccc(OC)c([C@H]2CCCN2C(=O)CSc2ccc3ccccc3n2)c1. The first-order valence-corrected chi connectivity index (χ1v) is 10.7. The molecule has 1 atom stereocenters. The number of carbonyl (C=O) groups excluding carboxylic acids is 1. The summed E-state index contributed by atoms with van der Waals surface area (Å²) < 4.78 is 10.9. The van der Waals surface area contributed by atoms with Crippen LogP contribution in [0.1, 0.15) is 24.4 Å². The molecule has 0 spiro atoms. The molecule has 1 saturated heterocycles. The summed E-state index contributed by atoms with van der Waals surface area (Å²) in [5, 5.41) is 1.97. The standard InChI is InChI=1S/C23H24N2O3S/c1-27-17-10-11-21(28-2)18(14-17)20-8-5-13-25(20)23(26)15-29-22-12-9-16-6-3-4-7-19(16)24-22/h3-4,6-7,9-12,14,20H,5,8,13,15H2,1-2H3/t20-/m1/s1. The Morgan fingerprint density at radius 3 is 2.83 bits per heavy atom. The normalized spacial score (nSPS) is 16.2. The van der Waals surface area contributed by atoms with E-state index in [1.807, 2.05) is 53.4 Å². The van der Waals surface area contributed by atoms with Crippen LogP contribution in [0.2, 0.25) is 0 Å². The largest absolute Gasteiger partial charge is 0.497 e. The second-order valence-electron chi connectivity index (χ2n) is 6.98. The molecule has 0 saturated carbocycles. The minimum Gasteiger partial charge on any atom is -0.497 e. The first-order valence-electron chi connectivity index (χ1n) is 9.69. The van der Waals surface area contributed by atoms with E-state index in [2.05, 4.69) is 11.1 Å². The van der Waals surface area contributed by atoms with Gasteiger partial charge in [0.2, 0.25) is 5.91 Å². The Balaban J connectivity index is 1.49. The summed E-state index contributed by atoms with van der Waals surface area (Å²) in [5.41, 5.74) is 1.96. The number of methoxy groups -OCH3 is 2. The highest BCUT2D eigenvalue weighted by atomic mass is 32.2. The molecule has 0 aliphatic carbocycles. The molecule has 2 heterocycles. The molecule has 0 radical (unpaired) electrons. The molecule has 6 heteroatoms. The molecule has 150 valence electrons. The van der Waals surface area contributed by atoms with Crippen molar-refractivity contribution in [1.29, 1.82) is 0 Å². The average Bonchev–Trinajstić information content (AvgIpc) is 3.26. The Labute approximate surface area is 175 Å². The molecular weight excluding hydrogens is 384 g/mol. The van der Waals surface area contributed by atoms with E-state index in [1.165, 1.54) is 11.8 Å². The van der Waals surface area contributed by atoms with Crippen LogP contribution in [-0.4, -0.2) is 42.3 Å². The first-order chi connectivity index (χ1) is 14.2. The summed E-state index contributed by atoms with van der Waals surface area (Å²) in [6.07, 6.45) is 1.91. The lowest BCUT2D eigenvalue weighted by Gasteiger charge is -2.26. The molecule has 0 bridgehead atoms. The first kappa shape index (κ1) is 19.6. The second kappa shape index (κ2) is 8.74. The zero-order valence-electron chi connectivity index (χ0n) is 16.6. The van der Waals surface area contributed by atoms with Crippen molar-refractivity contribution >= 4 is 28.6 Å². The van der Waals surface area contributed by atoms with Gasteiger partial charge in [-0.3, -0.25) is 4.79 Å². The lowest BCUT2D eigenvalue weighted by molar-refractivity contribution is -0.129. The Morgan fingerprint density at radius 1 is 1.14 bits per heavy atom. The fourth-order valence-electron chi connectivity index (χ4n) is 3.83. The van der Waals surface area contributed by atoms with Gasteiger partial charge in [-0.2, -0.15) is 0 Å². The van der Waals surface area contributed by atoms with Gasteiger partial charge in [-0.05, 0) is 43.2 Å². The van der Waals surface area contributed by atoms with Crippen molar-refractivity contribution < 1.29 is 14.3 Å². The molecular formula is C23H24N2O3S. The quantitative estimate of drug-likeness (QED) is 0.553. The van der Waals surface area contributed by atoms with Gasteiger partial charge in [-0.1, -0.05) is 36.0 Å². The molecule has 2 aromatic carbocycles. The number of hydrogen-bond acceptors (Lipinski definition) is 5. The van der Waals surface area contributed by atoms with Crippen LogP contribution in [-0.2, 0) is 4.79 Å². The van der Waals surface area contributed by atoms with Gasteiger partial charge in [0.05, 0.1) is 36.6 Å². The Bertz CT molecular complexity index is 1020. The van der Waals surface area contributed by atoms with E-state index in [0.717, 1.165) is 52.4 Å². The van der Waals surface area contributed by atoms with Crippen LogP contribution in [0.15, 0.2) is 59.6 Å². The van der Waals surface area contributed by atoms with Gasteiger partial charge >= 0.3 is 0 Å². The van der Waals surface area contributed by atoms with Crippen LogP contribution in [0, 0.1) is 0 Å². The highest BCUT2D eigenvalue weighted by Gasteiger charge is 2.32. The smallest absolute Gasteiger partial charge is 0.233 e. The second-order valence-corrected chi connectivity index (χ2v) is 7.98. The van der Waals surface area contributed by atoms with Crippen molar-refractivity contribution in [2.75, 3.05) is 26.5 Å². The van der Waals surface area contributed by atoms with Gasteiger partial charge in [0, 0.05) is 17.5 Å². The molecule has 1 amide bonds. The van der Waals surface area contributed by atoms with Crippen molar-refractivity contribution in [3.63, 3.8) is 0 Å². The summed E-state index contributed by atoms with van der Waals surface area (Å²) in [5.74, 6) is 2.06. The Kier molecular flexibility index (Phi) is 5.90. The van der Waals surface area contributed by atoms with E-state index in [9.17, 15) is 4.79 Å². The molecule has 3 aromatic rings. The number of nitrogens with zero attached hydrogens (tertiary/aromatic N) is 2. The van der Waals surface area contributed by atoms with E-state index < -0.39 is 0 Å². The number of ether oxygens (including phenoxy) is 2. The zero-order valence-corrected chi connectivity index (χ0v) is 17.4. The van der Waals surface area contributed by atoms with E-state index in [1.54, 1.807) is 14.2 Å². The number of hydrogen-bond donors (Lipinski definition) is 0. The number of thioether (sulfide) groups is 1. The molecule has 1 aromatic heterocycles. The van der Waals surface area contributed by atoms with Gasteiger partial charge < -0.3 is 14.4 Å². The van der Waals surface area contributed by atoms with E-state index in [0.29, 0.717) is 5.75 Å². The molecule has 1 fully saturated rings. The minimum absolute atomic E-state index is 0.0118. The molecule has 1 aliphatic heterocycles. The summed E-state index contributed by atoms with van der Waals surface area (Å²) in [6, 6.07) is 17.8. The van der Waals surface area contributed by atoms with E-state index >= 15 is 0 Å². The van der Waals surface area contributed by atoms with E-state index in [4.69, 9.17) is 9.47 Å². The van der Waals surface area contributed by atoms with Crippen LogP contribution in [0.5, 0.6) is 11.5 Å². The van der Waals surface area contributed by atoms with E-state index in [-0.39, 0.29) is 11.9 Å². The minimum atomic E-state index is 0.0118. The fraction of sp³-hybridized carbons (Fsp3) is 0.304. The molecule has 5 nitrogen and oxygen atoms in total. The molecule has 1 aliphatic rings. The van der Waals surface area contributed by atoms with Crippen molar-refractivity contribution in [2.45, 2.75) is 23.9 Å². The van der Waals surface area contributed by atoms with Crippen molar-refractivity contribution in [1.82, 2.24) is 9.88 Å². The maximum Gasteiger partial charge on any atom is 0.233 e. The summed E-state index contributed by atoms with van der Waals surface area (Å²) in [4.78, 5) is 19.6. The number of carbonyl (C=O) groups is 1. The topological polar surface area (TPSA) is 51.7 Å². The Morgan fingerprint density at radius 2 is 2.00 bits per heavy atom. The molecule has 4 rings (SSSR count). The fourth-order valence-corrected chi connectivity index (χ4v) is 4.60. The predicted molar refractivity (Wildman–Crippen MR) is 116 cm³/mol. The summed E-state index contributed by atoms with van der Waals surface area (Å²) in [6.45, 7) is 0.759. The van der Waals surface area contributed by atoms with Crippen LogP contribution < -0.4 is 9.47 Å². The van der Waals surface area contributed by atoms with Gasteiger partial charge in [0.15, 0.2) is 0 Å². The molecule has 29 heavy (non-hydrogen) atoms. The predicted octanol–water partition coefficient (Wildman–Crippen LogP) is 4.71.